The highest BCUT2D eigenvalue weighted by Gasteiger charge is 1.93. The van der Waals surface area contributed by atoms with Gasteiger partial charge in [0.1, 0.15) is 0 Å². The zero-order chi connectivity index (χ0) is 10.4. The molecule has 0 aliphatic heterocycles. The maximum atomic E-state index is 5.37. The van der Waals surface area contributed by atoms with Crippen LogP contribution in [0.1, 0.15) is 19.4 Å². The largest absolute Gasteiger partial charge is 0.383 e. The molecule has 0 aromatic heterocycles. The van der Waals surface area contributed by atoms with Gasteiger partial charge in [-0.05, 0) is 31.5 Å². The quantitative estimate of drug-likeness (QED) is 0.765. The lowest BCUT2D eigenvalue weighted by Gasteiger charge is -2.09. The van der Waals surface area contributed by atoms with Crippen LogP contribution in [0.2, 0.25) is 0 Å². The van der Waals surface area contributed by atoms with Crippen LogP contribution in [0.15, 0.2) is 30.3 Å². The van der Waals surface area contributed by atoms with Crippen molar-refractivity contribution in [2.75, 3.05) is 11.9 Å². The molecule has 0 fully saturated rings. The first kappa shape index (κ1) is 10.8. The summed E-state index contributed by atoms with van der Waals surface area (Å²) in [7, 11) is 0. The smallest absolute Gasteiger partial charge is 0.0342 e. The minimum atomic E-state index is 0.473. The summed E-state index contributed by atoms with van der Waals surface area (Å²) >= 11 is 0. The molecule has 0 saturated carbocycles. The summed E-state index contributed by atoms with van der Waals surface area (Å²) in [6.07, 6.45) is 3.98. The van der Waals surface area contributed by atoms with Crippen LogP contribution in [0.4, 0.5) is 5.69 Å². The summed E-state index contributed by atoms with van der Waals surface area (Å²) in [5.41, 5.74) is 7.72. The van der Waals surface area contributed by atoms with Crippen molar-refractivity contribution < 1.29 is 0 Å². The van der Waals surface area contributed by atoms with Gasteiger partial charge in [-0.1, -0.05) is 24.3 Å². The standard InChI is InChI=1S/C12H18N2/c1-10(2)14-12-7-5-11(6-8-12)4-3-9-13/h3-8,10,14H,9,13H2,1-2H3/b4-3+. The second-order valence-electron chi connectivity index (χ2n) is 3.56. The van der Waals surface area contributed by atoms with Crippen LogP contribution in [0.5, 0.6) is 0 Å². The highest BCUT2D eigenvalue weighted by Crippen LogP contribution is 2.11. The third-order valence-corrected chi connectivity index (χ3v) is 1.81. The van der Waals surface area contributed by atoms with E-state index in [0.717, 1.165) is 5.69 Å². The number of hydrogen-bond acceptors (Lipinski definition) is 2. The van der Waals surface area contributed by atoms with Gasteiger partial charge in [0, 0.05) is 18.3 Å². The number of rotatable bonds is 4. The van der Waals surface area contributed by atoms with Gasteiger partial charge in [-0.2, -0.15) is 0 Å². The molecule has 76 valence electrons. The number of hydrogen-bond donors (Lipinski definition) is 2. The Morgan fingerprint density at radius 1 is 1.29 bits per heavy atom. The number of benzene rings is 1. The van der Waals surface area contributed by atoms with E-state index >= 15 is 0 Å². The molecule has 0 saturated heterocycles. The second kappa shape index (κ2) is 5.45. The fraction of sp³-hybridized carbons (Fsp3) is 0.333. The summed E-state index contributed by atoms with van der Waals surface area (Å²) in [5, 5.41) is 3.34. The molecule has 14 heavy (non-hydrogen) atoms. The predicted molar refractivity (Wildman–Crippen MR) is 63.3 cm³/mol. The van der Waals surface area contributed by atoms with Crippen molar-refractivity contribution in [1.82, 2.24) is 0 Å². The fourth-order valence-corrected chi connectivity index (χ4v) is 1.23. The molecule has 0 spiro atoms. The zero-order valence-corrected chi connectivity index (χ0v) is 8.83. The van der Waals surface area contributed by atoms with E-state index in [1.807, 2.05) is 12.2 Å². The first-order chi connectivity index (χ1) is 6.72. The summed E-state index contributed by atoms with van der Waals surface area (Å²) in [5.74, 6) is 0. The highest BCUT2D eigenvalue weighted by atomic mass is 14.9. The van der Waals surface area contributed by atoms with Gasteiger partial charge in [-0.3, -0.25) is 0 Å². The third-order valence-electron chi connectivity index (χ3n) is 1.81. The third kappa shape index (κ3) is 3.62. The summed E-state index contributed by atoms with van der Waals surface area (Å²) in [6.45, 7) is 4.84. The molecule has 0 aliphatic rings. The molecule has 1 aromatic rings. The van der Waals surface area contributed by atoms with Gasteiger partial charge in [0.25, 0.3) is 0 Å². The summed E-state index contributed by atoms with van der Waals surface area (Å²) in [6, 6.07) is 8.79. The van der Waals surface area contributed by atoms with Crippen molar-refractivity contribution in [3.05, 3.63) is 35.9 Å². The Bertz CT molecular complexity index is 286. The van der Waals surface area contributed by atoms with Gasteiger partial charge in [-0.25, -0.2) is 0 Å². The van der Waals surface area contributed by atoms with E-state index in [2.05, 4.69) is 43.4 Å². The molecule has 3 N–H and O–H groups in total. The van der Waals surface area contributed by atoms with Crippen LogP contribution < -0.4 is 11.1 Å². The minimum absolute atomic E-state index is 0.473. The van der Waals surface area contributed by atoms with Crippen LogP contribution in [0.3, 0.4) is 0 Å². The Morgan fingerprint density at radius 2 is 1.93 bits per heavy atom. The SMILES string of the molecule is CC(C)Nc1ccc(/C=C/CN)cc1. The first-order valence-electron chi connectivity index (χ1n) is 4.95. The van der Waals surface area contributed by atoms with Crippen LogP contribution in [-0.4, -0.2) is 12.6 Å². The monoisotopic (exact) mass is 190 g/mol. The molecular formula is C12H18N2. The van der Waals surface area contributed by atoms with E-state index in [9.17, 15) is 0 Å². The summed E-state index contributed by atoms with van der Waals surface area (Å²) < 4.78 is 0. The van der Waals surface area contributed by atoms with E-state index in [-0.39, 0.29) is 0 Å². The van der Waals surface area contributed by atoms with Gasteiger partial charge in [0.05, 0.1) is 0 Å². The molecule has 2 heteroatoms. The average molecular weight is 190 g/mol. The molecule has 2 nitrogen and oxygen atoms in total. The maximum absolute atomic E-state index is 5.37. The van der Waals surface area contributed by atoms with Crippen LogP contribution in [0, 0.1) is 0 Å². The van der Waals surface area contributed by atoms with Gasteiger partial charge >= 0.3 is 0 Å². The lowest BCUT2D eigenvalue weighted by Crippen LogP contribution is -2.09. The lowest BCUT2D eigenvalue weighted by molar-refractivity contribution is 0.900. The predicted octanol–water partition coefficient (Wildman–Crippen LogP) is 2.48. The minimum Gasteiger partial charge on any atom is -0.383 e. The second-order valence-corrected chi connectivity index (χ2v) is 3.56. The molecule has 0 aliphatic carbocycles. The first-order valence-corrected chi connectivity index (χ1v) is 4.95. The maximum Gasteiger partial charge on any atom is 0.0342 e. The van der Waals surface area contributed by atoms with Crippen LogP contribution in [0.25, 0.3) is 6.08 Å². The normalized spacial score (nSPS) is 11.1. The molecule has 0 amide bonds. The summed E-state index contributed by atoms with van der Waals surface area (Å²) in [4.78, 5) is 0. The molecule has 0 atom stereocenters. The van der Waals surface area contributed by atoms with Crippen molar-refractivity contribution in [2.24, 2.45) is 5.73 Å². The van der Waals surface area contributed by atoms with Crippen LogP contribution >= 0.6 is 0 Å². The Morgan fingerprint density at radius 3 is 2.43 bits per heavy atom. The molecule has 0 unspecified atom stereocenters. The average Bonchev–Trinajstić information content (AvgIpc) is 2.16. The van der Waals surface area contributed by atoms with Crippen molar-refractivity contribution in [3.8, 4) is 0 Å². The molecular weight excluding hydrogens is 172 g/mol. The highest BCUT2D eigenvalue weighted by molar-refractivity contribution is 5.55. The van der Waals surface area contributed by atoms with Gasteiger partial charge in [0.15, 0.2) is 0 Å². The molecule has 1 aromatic carbocycles. The van der Waals surface area contributed by atoms with E-state index < -0.39 is 0 Å². The Kier molecular flexibility index (Phi) is 4.20. The van der Waals surface area contributed by atoms with Crippen molar-refractivity contribution in [1.29, 1.82) is 0 Å². The van der Waals surface area contributed by atoms with Crippen molar-refractivity contribution in [2.45, 2.75) is 19.9 Å². The number of nitrogens with two attached hydrogens (primary N) is 1. The van der Waals surface area contributed by atoms with Gasteiger partial charge in [0.2, 0.25) is 0 Å². The van der Waals surface area contributed by atoms with Gasteiger partial charge < -0.3 is 11.1 Å². The van der Waals surface area contributed by atoms with Gasteiger partial charge in [-0.15, -0.1) is 0 Å². The molecule has 0 bridgehead atoms. The van der Waals surface area contributed by atoms with E-state index in [0.29, 0.717) is 12.6 Å². The topological polar surface area (TPSA) is 38.0 Å². The lowest BCUT2D eigenvalue weighted by atomic mass is 10.2. The Hall–Kier alpha value is -1.28. The van der Waals surface area contributed by atoms with Crippen molar-refractivity contribution >= 4 is 11.8 Å². The van der Waals surface area contributed by atoms with Crippen molar-refractivity contribution in [3.63, 3.8) is 0 Å². The Labute approximate surface area is 85.8 Å². The zero-order valence-electron chi connectivity index (χ0n) is 8.83. The van der Waals surface area contributed by atoms with E-state index in [1.165, 1.54) is 5.56 Å². The van der Waals surface area contributed by atoms with E-state index in [1.54, 1.807) is 0 Å². The molecule has 1 rings (SSSR count). The molecule has 0 heterocycles. The van der Waals surface area contributed by atoms with E-state index in [4.69, 9.17) is 5.73 Å². The molecule has 0 radical (unpaired) electrons. The Balaban J connectivity index is 2.64. The van der Waals surface area contributed by atoms with Crippen LogP contribution in [-0.2, 0) is 0 Å². The number of nitrogens with one attached hydrogen (secondary N) is 1. The fourth-order valence-electron chi connectivity index (χ4n) is 1.23. The number of anilines is 1.